The second kappa shape index (κ2) is 8.47. The van der Waals surface area contributed by atoms with Crippen molar-refractivity contribution in [1.29, 1.82) is 0 Å². The van der Waals surface area contributed by atoms with Crippen molar-refractivity contribution < 1.29 is 5.11 Å². The number of nitrogens with zero attached hydrogens (tertiary/aromatic N) is 1. The van der Waals surface area contributed by atoms with Crippen LogP contribution in [-0.2, 0) is 6.54 Å². The zero-order valence-electron chi connectivity index (χ0n) is 14.5. The van der Waals surface area contributed by atoms with Crippen LogP contribution in [0.4, 0.5) is 11.4 Å². The number of rotatable bonds is 7. The van der Waals surface area contributed by atoms with E-state index in [0.717, 1.165) is 23.5 Å². The summed E-state index contributed by atoms with van der Waals surface area (Å²) >= 11 is 0. The Hall–Kier alpha value is -2.62. The second-order valence-electron chi connectivity index (χ2n) is 6.31. The highest BCUT2D eigenvalue weighted by Crippen LogP contribution is 2.18. The molecule has 0 amide bonds. The van der Waals surface area contributed by atoms with Crippen molar-refractivity contribution in [3.63, 3.8) is 0 Å². The molecule has 1 atom stereocenters. The highest BCUT2D eigenvalue weighted by atomic mass is 16.3. The zero-order valence-corrected chi connectivity index (χ0v) is 14.5. The van der Waals surface area contributed by atoms with Crippen LogP contribution in [0.2, 0.25) is 0 Å². The molecule has 3 heteroatoms. The smallest absolute Gasteiger partial charge is 0.0916 e. The van der Waals surface area contributed by atoms with E-state index < -0.39 is 6.10 Å². The Morgan fingerprint density at radius 1 is 0.800 bits per heavy atom. The summed E-state index contributed by atoms with van der Waals surface area (Å²) in [6, 6.07) is 28.4. The molecule has 0 fully saturated rings. The first-order chi connectivity index (χ1) is 12.2. The molecule has 0 unspecified atom stereocenters. The van der Waals surface area contributed by atoms with Crippen LogP contribution < -0.4 is 5.32 Å². The van der Waals surface area contributed by atoms with Crippen molar-refractivity contribution >= 4 is 11.4 Å². The minimum Gasteiger partial charge on any atom is -0.387 e. The lowest BCUT2D eigenvalue weighted by Crippen LogP contribution is -2.24. The lowest BCUT2D eigenvalue weighted by atomic mass is 10.1. The maximum absolute atomic E-state index is 10.3. The van der Waals surface area contributed by atoms with Crippen molar-refractivity contribution in [3.05, 3.63) is 96.1 Å². The van der Waals surface area contributed by atoms with Crippen LogP contribution >= 0.6 is 0 Å². The van der Waals surface area contributed by atoms with E-state index in [1.807, 2.05) is 67.7 Å². The van der Waals surface area contributed by atoms with Gasteiger partial charge >= 0.3 is 0 Å². The van der Waals surface area contributed by atoms with Crippen molar-refractivity contribution in [2.45, 2.75) is 12.6 Å². The van der Waals surface area contributed by atoms with Crippen LogP contribution in [0, 0.1) is 0 Å². The van der Waals surface area contributed by atoms with Gasteiger partial charge in [-0.25, -0.2) is 0 Å². The first-order valence-electron chi connectivity index (χ1n) is 8.53. The first kappa shape index (κ1) is 17.2. The van der Waals surface area contributed by atoms with Gasteiger partial charge in [0.1, 0.15) is 0 Å². The molecule has 3 rings (SSSR count). The summed E-state index contributed by atoms with van der Waals surface area (Å²) in [7, 11) is 2.03. The third kappa shape index (κ3) is 5.18. The summed E-state index contributed by atoms with van der Waals surface area (Å²) in [6.07, 6.45) is -0.467. The second-order valence-corrected chi connectivity index (χ2v) is 6.31. The molecule has 0 saturated carbocycles. The molecule has 2 N–H and O–H groups in total. The molecule has 0 aliphatic rings. The van der Waals surface area contributed by atoms with Crippen molar-refractivity contribution in [2.24, 2.45) is 0 Å². The molecule has 3 aromatic carbocycles. The summed E-state index contributed by atoms with van der Waals surface area (Å²) in [5.74, 6) is 0. The Bertz CT molecular complexity index is 757. The maximum atomic E-state index is 10.3. The Balaban J connectivity index is 1.54. The van der Waals surface area contributed by atoms with Crippen molar-refractivity contribution in [1.82, 2.24) is 4.90 Å². The van der Waals surface area contributed by atoms with E-state index in [0.29, 0.717) is 6.54 Å². The molecular formula is C22H24N2O. The van der Waals surface area contributed by atoms with Gasteiger partial charge in [-0.1, -0.05) is 60.7 Å². The Labute approximate surface area is 149 Å². The van der Waals surface area contributed by atoms with Gasteiger partial charge in [0.05, 0.1) is 6.10 Å². The fourth-order valence-corrected chi connectivity index (χ4v) is 2.83. The quantitative estimate of drug-likeness (QED) is 0.664. The Morgan fingerprint density at radius 2 is 1.36 bits per heavy atom. The van der Waals surface area contributed by atoms with Crippen LogP contribution in [-0.4, -0.2) is 23.6 Å². The minimum absolute atomic E-state index is 0.467. The average Bonchev–Trinajstić information content (AvgIpc) is 2.65. The van der Waals surface area contributed by atoms with E-state index >= 15 is 0 Å². The normalized spacial score (nSPS) is 12.1. The van der Waals surface area contributed by atoms with Crippen LogP contribution in [0.15, 0.2) is 84.9 Å². The van der Waals surface area contributed by atoms with E-state index in [1.54, 1.807) is 0 Å². The molecule has 0 radical (unpaired) electrons. The van der Waals surface area contributed by atoms with E-state index in [1.165, 1.54) is 5.56 Å². The number of aliphatic hydroxyl groups is 1. The third-order valence-corrected chi connectivity index (χ3v) is 4.14. The molecule has 128 valence electrons. The third-order valence-electron chi connectivity index (χ3n) is 4.14. The largest absolute Gasteiger partial charge is 0.387 e. The van der Waals surface area contributed by atoms with Crippen LogP contribution in [0.5, 0.6) is 0 Å². The topological polar surface area (TPSA) is 35.5 Å². The Kier molecular flexibility index (Phi) is 5.83. The molecule has 25 heavy (non-hydrogen) atoms. The van der Waals surface area contributed by atoms with Gasteiger partial charge in [-0.15, -0.1) is 0 Å². The van der Waals surface area contributed by atoms with Gasteiger partial charge in [-0.3, -0.25) is 4.90 Å². The summed E-state index contributed by atoms with van der Waals surface area (Å²) in [4.78, 5) is 2.14. The molecule has 0 bridgehead atoms. The summed E-state index contributed by atoms with van der Waals surface area (Å²) in [6.45, 7) is 1.41. The molecule has 0 spiro atoms. The van der Waals surface area contributed by atoms with Gasteiger partial charge < -0.3 is 10.4 Å². The van der Waals surface area contributed by atoms with Gasteiger partial charge in [-0.05, 0) is 42.4 Å². The lowest BCUT2D eigenvalue weighted by Gasteiger charge is -2.21. The van der Waals surface area contributed by atoms with Crippen LogP contribution in [0.25, 0.3) is 0 Å². The van der Waals surface area contributed by atoms with Gasteiger partial charge in [0.2, 0.25) is 0 Å². The standard InChI is InChI=1S/C22H24N2O/c1-24(17-22(25)19-8-4-2-5-9-19)16-18-12-14-21(15-13-18)23-20-10-6-3-7-11-20/h2-15,22-23,25H,16-17H2,1H3/t22-/m0/s1. The van der Waals surface area contributed by atoms with E-state index in [9.17, 15) is 5.11 Å². The van der Waals surface area contributed by atoms with Gasteiger partial charge in [0, 0.05) is 24.5 Å². The fraction of sp³-hybridized carbons (Fsp3) is 0.182. The number of benzene rings is 3. The summed E-state index contributed by atoms with van der Waals surface area (Å²) < 4.78 is 0. The maximum Gasteiger partial charge on any atom is 0.0916 e. The van der Waals surface area contributed by atoms with Crippen LogP contribution in [0.3, 0.4) is 0 Å². The predicted octanol–water partition coefficient (Wildman–Crippen LogP) is 4.60. The van der Waals surface area contributed by atoms with E-state index in [2.05, 4.69) is 34.5 Å². The van der Waals surface area contributed by atoms with Crippen LogP contribution in [0.1, 0.15) is 17.2 Å². The number of para-hydroxylation sites is 1. The van der Waals surface area contributed by atoms with Gasteiger partial charge in [-0.2, -0.15) is 0 Å². The highest BCUT2D eigenvalue weighted by Gasteiger charge is 2.10. The number of nitrogens with one attached hydrogen (secondary N) is 1. The molecular weight excluding hydrogens is 308 g/mol. The lowest BCUT2D eigenvalue weighted by molar-refractivity contribution is 0.124. The first-order valence-corrected chi connectivity index (χ1v) is 8.53. The molecule has 3 nitrogen and oxygen atoms in total. The monoisotopic (exact) mass is 332 g/mol. The predicted molar refractivity (Wildman–Crippen MR) is 104 cm³/mol. The van der Waals surface area contributed by atoms with Gasteiger partial charge in [0.25, 0.3) is 0 Å². The van der Waals surface area contributed by atoms with Crippen molar-refractivity contribution in [3.8, 4) is 0 Å². The summed E-state index contributed by atoms with van der Waals surface area (Å²) in [5, 5.41) is 13.7. The molecule has 0 saturated heterocycles. The zero-order chi connectivity index (χ0) is 17.5. The molecule has 0 aliphatic carbocycles. The molecule has 0 aromatic heterocycles. The molecule has 0 aliphatic heterocycles. The minimum atomic E-state index is -0.467. The molecule has 0 heterocycles. The number of anilines is 2. The number of hydrogen-bond acceptors (Lipinski definition) is 3. The summed E-state index contributed by atoms with van der Waals surface area (Å²) in [5.41, 5.74) is 4.33. The van der Waals surface area contributed by atoms with E-state index in [4.69, 9.17) is 0 Å². The van der Waals surface area contributed by atoms with Gasteiger partial charge in [0.15, 0.2) is 0 Å². The number of likely N-dealkylation sites (N-methyl/N-ethyl adjacent to an activating group) is 1. The molecule has 3 aromatic rings. The fourth-order valence-electron chi connectivity index (χ4n) is 2.83. The van der Waals surface area contributed by atoms with E-state index in [-0.39, 0.29) is 0 Å². The Morgan fingerprint density at radius 3 is 2.00 bits per heavy atom. The average molecular weight is 332 g/mol. The number of aliphatic hydroxyl groups excluding tert-OH is 1. The SMILES string of the molecule is CN(Cc1ccc(Nc2ccccc2)cc1)C[C@H](O)c1ccccc1. The number of hydrogen-bond donors (Lipinski definition) is 2. The van der Waals surface area contributed by atoms with Crippen molar-refractivity contribution in [2.75, 3.05) is 18.9 Å². The highest BCUT2D eigenvalue weighted by molar-refractivity contribution is 5.59.